The molecule has 1 aromatic heterocycles. The smallest absolute Gasteiger partial charge is 0.312 e. The molecule has 0 aliphatic carbocycles. The van der Waals surface area contributed by atoms with Gasteiger partial charge in [-0.25, -0.2) is 0 Å². The molecule has 1 aromatic carbocycles. The maximum Gasteiger partial charge on any atom is 0.312 e. The van der Waals surface area contributed by atoms with Crippen LogP contribution in [0.3, 0.4) is 0 Å². The van der Waals surface area contributed by atoms with Crippen molar-refractivity contribution >= 4 is 23.6 Å². The number of nitrogen functional groups attached to an aromatic ring is 1. The number of hydrogen-bond donors (Lipinski definition) is 2. The lowest BCUT2D eigenvalue weighted by Crippen LogP contribution is -2.55. The van der Waals surface area contributed by atoms with Crippen LogP contribution in [0, 0.1) is 5.41 Å². The van der Waals surface area contributed by atoms with Crippen LogP contribution in [-0.2, 0) is 19.1 Å². The summed E-state index contributed by atoms with van der Waals surface area (Å²) in [6, 6.07) is 9.75. The molecule has 0 spiro atoms. The van der Waals surface area contributed by atoms with Gasteiger partial charge in [0.1, 0.15) is 11.6 Å². The van der Waals surface area contributed by atoms with Crippen LogP contribution >= 0.6 is 0 Å². The molecule has 2 amide bonds. The molecule has 10 nitrogen and oxygen atoms in total. The van der Waals surface area contributed by atoms with Gasteiger partial charge < -0.3 is 25.0 Å². The van der Waals surface area contributed by atoms with Crippen molar-refractivity contribution in [3.05, 3.63) is 59.9 Å². The number of nitrogens with zero attached hydrogens (tertiary/aromatic N) is 3. The fourth-order valence-electron chi connectivity index (χ4n) is 3.74. The standard InChI is InChI=1S/C24H29N5O5/c1-2-33-21(30)15-20(18-5-3-10-27-16-18)29-13-12-28(23(31)24(29)32)11-4-14-34-19-8-6-17(7-9-19)22(25)26/h3,5-10,16,20H,2,4,11-15H2,1H3,(H3,25,26). The third-order valence-electron chi connectivity index (χ3n) is 5.46. The molecule has 1 fully saturated rings. The summed E-state index contributed by atoms with van der Waals surface area (Å²) in [5.74, 6) is -1.06. The summed E-state index contributed by atoms with van der Waals surface area (Å²) in [7, 11) is 0. The van der Waals surface area contributed by atoms with Gasteiger partial charge in [-0.05, 0) is 49.2 Å². The molecule has 180 valence electrons. The Morgan fingerprint density at radius 2 is 1.94 bits per heavy atom. The van der Waals surface area contributed by atoms with Crippen LogP contribution in [0.15, 0.2) is 48.8 Å². The Bertz CT molecular complexity index is 1010. The van der Waals surface area contributed by atoms with E-state index in [1.807, 2.05) is 0 Å². The molecule has 10 heteroatoms. The van der Waals surface area contributed by atoms with Crippen LogP contribution in [0.2, 0.25) is 0 Å². The summed E-state index contributed by atoms with van der Waals surface area (Å²) in [4.78, 5) is 44.9. The fourth-order valence-corrected chi connectivity index (χ4v) is 3.74. The highest BCUT2D eigenvalue weighted by Gasteiger charge is 2.37. The van der Waals surface area contributed by atoms with E-state index < -0.39 is 23.8 Å². The lowest BCUT2D eigenvalue weighted by Gasteiger charge is -2.38. The van der Waals surface area contributed by atoms with Gasteiger partial charge in [0.25, 0.3) is 0 Å². The van der Waals surface area contributed by atoms with Gasteiger partial charge in [-0.1, -0.05) is 6.07 Å². The third-order valence-corrected chi connectivity index (χ3v) is 5.46. The first-order valence-corrected chi connectivity index (χ1v) is 11.1. The first-order valence-electron chi connectivity index (χ1n) is 11.1. The zero-order valence-electron chi connectivity index (χ0n) is 19.1. The summed E-state index contributed by atoms with van der Waals surface area (Å²) in [5.41, 5.74) is 6.73. The molecular weight excluding hydrogens is 438 g/mol. The molecule has 34 heavy (non-hydrogen) atoms. The molecule has 2 aromatic rings. The molecule has 2 heterocycles. The molecule has 1 unspecified atom stereocenters. The van der Waals surface area contributed by atoms with Crippen molar-refractivity contribution in [3.63, 3.8) is 0 Å². The minimum atomic E-state index is -0.648. The number of rotatable bonds is 11. The van der Waals surface area contributed by atoms with Crippen LogP contribution in [-0.4, -0.2) is 71.3 Å². The zero-order chi connectivity index (χ0) is 24.5. The van der Waals surface area contributed by atoms with Crippen LogP contribution in [0.5, 0.6) is 5.75 Å². The topological polar surface area (TPSA) is 139 Å². The van der Waals surface area contributed by atoms with Gasteiger partial charge in [0.15, 0.2) is 0 Å². The predicted molar refractivity (Wildman–Crippen MR) is 124 cm³/mol. The number of esters is 1. The quantitative estimate of drug-likeness (QED) is 0.168. The van der Waals surface area contributed by atoms with Crippen molar-refractivity contribution in [1.29, 1.82) is 5.41 Å². The second-order valence-electron chi connectivity index (χ2n) is 7.74. The van der Waals surface area contributed by atoms with E-state index in [1.54, 1.807) is 55.7 Å². The number of carbonyl (C=O) groups is 3. The molecule has 3 N–H and O–H groups in total. The third kappa shape index (κ3) is 6.31. The van der Waals surface area contributed by atoms with E-state index in [0.29, 0.717) is 49.5 Å². The van der Waals surface area contributed by atoms with Crippen molar-refractivity contribution in [2.45, 2.75) is 25.8 Å². The van der Waals surface area contributed by atoms with E-state index in [-0.39, 0.29) is 18.9 Å². The highest BCUT2D eigenvalue weighted by molar-refractivity contribution is 6.35. The SMILES string of the molecule is CCOC(=O)CC(c1cccnc1)N1CCN(CCCOc2ccc(C(=N)N)cc2)C(=O)C1=O. The molecule has 1 aliphatic heterocycles. The zero-order valence-corrected chi connectivity index (χ0v) is 19.1. The average Bonchev–Trinajstić information content (AvgIpc) is 2.84. The highest BCUT2D eigenvalue weighted by Crippen LogP contribution is 2.26. The maximum absolute atomic E-state index is 12.9. The van der Waals surface area contributed by atoms with Gasteiger partial charge in [0.2, 0.25) is 0 Å². The number of hydrogen-bond acceptors (Lipinski definition) is 7. The van der Waals surface area contributed by atoms with E-state index >= 15 is 0 Å². The highest BCUT2D eigenvalue weighted by atomic mass is 16.5. The number of ether oxygens (including phenoxy) is 2. The van der Waals surface area contributed by atoms with Crippen molar-refractivity contribution in [1.82, 2.24) is 14.8 Å². The first-order chi connectivity index (χ1) is 16.4. The van der Waals surface area contributed by atoms with Crippen molar-refractivity contribution in [2.75, 3.05) is 32.8 Å². The van der Waals surface area contributed by atoms with E-state index in [0.717, 1.165) is 0 Å². The Kier molecular flexibility index (Phi) is 8.55. The molecule has 0 saturated carbocycles. The number of aromatic nitrogens is 1. The van der Waals surface area contributed by atoms with Crippen molar-refractivity contribution in [2.24, 2.45) is 5.73 Å². The second-order valence-corrected chi connectivity index (χ2v) is 7.74. The predicted octanol–water partition coefficient (Wildman–Crippen LogP) is 1.50. The maximum atomic E-state index is 12.9. The minimum absolute atomic E-state index is 0.0121. The average molecular weight is 468 g/mol. The van der Waals surface area contributed by atoms with Crippen molar-refractivity contribution < 1.29 is 23.9 Å². The summed E-state index contributed by atoms with van der Waals surface area (Å²) in [6.45, 7) is 3.35. The Hall–Kier alpha value is -3.95. The number of piperazine rings is 1. The van der Waals surface area contributed by atoms with Crippen LogP contribution in [0.4, 0.5) is 0 Å². The largest absolute Gasteiger partial charge is 0.494 e. The van der Waals surface area contributed by atoms with E-state index in [9.17, 15) is 14.4 Å². The monoisotopic (exact) mass is 467 g/mol. The van der Waals surface area contributed by atoms with Gasteiger partial charge >= 0.3 is 17.8 Å². The van der Waals surface area contributed by atoms with Crippen LogP contribution in [0.1, 0.15) is 36.9 Å². The summed E-state index contributed by atoms with van der Waals surface area (Å²) in [5, 5.41) is 7.41. The summed E-state index contributed by atoms with van der Waals surface area (Å²) >= 11 is 0. The molecule has 1 saturated heterocycles. The Balaban J connectivity index is 1.55. The number of carbonyl (C=O) groups excluding carboxylic acids is 3. The Morgan fingerprint density at radius 3 is 2.59 bits per heavy atom. The Labute approximate surface area is 198 Å². The minimum Gasteiger partial charge on any atom is -0.494 e. The molecule has 0 radical (unpaired) electrons. The van der Waals surface area contributed by atoms with E-state index in [1.165, 1.54) is 9.80 Å². The number of nitrogens with two attached hydrogens (primary N) is 1. The summed E-state index contributed by atoms with van der Waals surface area (Å²) in [6.07, 6.45) is 3.70. The van der Waals surface area contributed by atoms with Gasteiger partial charge in [-0.2, -0.15) is 0 Å². The number of amidine groups is 1. The van der Waals surface area contributed by atoms with Gasteiger partial charge in [-0.3, -0.25) is 24.8 Å². The molecule has 1 aliphatic rings. The van der Waals surface area contributed by atoms with Crippen LogP contribution < -0.4 is 10.5 Å². The Morgan fingerprint density at radius 1 is 1.18 bits per heavy atom. The summed E-state index contributed by atoms with van der Waals surface area (Å²) < 4.78 is 10.7. The van der Waals surface area contributed by atoms with Gasteiger partial charge in [0, 0.05) is 37.6 Å². The molecule has 0 bridgehead atoms. The second kappa shape index (κ2) is 11.8. The fraction of sp³-hybridized carbons (Fsp3) is 0.375. The van der Waals surface area contributed by atoms with Gasteiger partial charge in [-0.15, -0.1) is 0 Å². The molecule has 1 atom stereocenters. The number of pyridine rings is 1. The number of benzene rings is 1. The molecule has 3 rings (SSSR count). The molecular formula is C24H29N5O5. The lowest BCUT2D eigenvalue weighted by molar-refractivity contribution is -0.159. The van der Waals surface area contributed by atoms with Gasteiger partial charge in [0.05, 0.1) is 25.7 Å². The van der Waals surface area contributed by atoms with E-state index in [4.69, 9.17) is 20.6 Å². The van der Waals surface area contributed by atoms with Crippen molar-refractivity contribution in [3.8, 4) is 5.75 Å². The van der Waals surface area contributed by atoms with E-state index in [2.05, 4.69) is 4.98 Å². The normalized spacial score (nSPS) is 14.6. The number of amides is 2. The first kappa shape index (κ1) is 24.7. The number of nitrogens with one attached hydrogen (secondary N) is 1. The lowest BCUT2D eigenvalue weighted by atomic mass is 10.0. The van der Waals surface area contributed by atoms with Crippen LogP contribution in [0.25, 0.3) is 0 Å².